The van der Waals surface area contributed by atoms with Crippen molar-refractivity contribution in [3.8, 4) is 0 Å². The predicted octanol–water partition coefficient (Wildman–Crippen LogP) is 1.11. The van der Waals surface area contributed by atoms with Crippen LogP contribution >= 0.6 is 0 Å². The summed E-state index contributed by atoms with van der Waals surface area (Å²) in [5.74, 6) is 0.862. The quantitative estimate of drug-likeness (QED) is 0.294. The van der Waals surface area contributed by atoms with Crippen molar-refractivity contribution in [2.24, 2.45) is 5.11 Å². The SMILES string of the molecule is CNc1cc2nc3c(cnn13)C(=O)N1C[C@@H](O)C[C@H]1COCc1cc(c(N=N)c([NH2+]C)c1)N2. The Labute approximate surface area is 189 Å². The third-order valence-corrected chi connectivity index (χ3v) is 6.08. The second-order valence-electron chi connectivity index (χ2n) is 8.19. The molecular weight excluding hydrogens is 426 g/mol. The molecule has 0 spiro atoms. The Bertz CT molecular complexity index is 1240. The summed E-state index contributed by atoms with van der Waals surface area (Å²) in [5.41, 5.74) is 11.2. The van der Waals surface area contributed by atoms with Crippen LogP contribution in [0.25, 0.3) is 5.65 Å². The van der Waals surface area contributed by atoms with Gasteiger partial charge in [0.1, 0.15) is 17.2 Å². The van der Waals surface area contributed by atoms with Gasteiger partial charge in [-0.15, -0.1) is 0 Å². The molecule has 1 fully saturated rings. The molecule has 172 valence electrons. The molecule has 4 bridgehead atoms. The molecule has 3 aromatic rings. The monoisotopic (exact) mass is 452 g/mol. The van der Waals surface area contributed by atoms with E-state index in [1.54, 1.807) is 22.5 Å². The van der Waals surface area contributed by atoms with E-state index in [9.17, 15) is 9.90 Å². The molecule has 2 aliphatic rings. The van der Waals surface area contributed by atoms with Crippen LogP contribution in [0.2, 0.25) is 0 Å². The van der Waals surface area contributed by atoms with Gasteiger partial charge in [-0.25, -0.2) is 10.5 Å². The summed E-state index contributed by atoms with van der Waals surface area (Å²) < 4.78 is 7.54. The molecule has 1 saturated heterocycles. The summed E-state index contributed by atoms with van der Waals surface area (Å²) in [7, 11) is 3.65. The topological polar surface area (TPSA) is 157 Å². The lowest BCUT2D eigenvalue weighted by molar-refractivity contribution is -0.538. The first kappa shape index (κ1) is 21.2. The van der Waals surface area contributed by atoms with Gasteiger partial charge in [-0.3, -0.25) is 4.79 Å². The summed E-state index contributed by atoms with van der Waals surface area (Å²) in [6.07, 6.45) is 1.34. The number of carbonyl (C=O) groups excluding carboxylic acids is 1. The number of rotatable bonds is 3. The Morgan fingerprint density at radius 1 is 1.39 bits per heavy atom. The van der Waals surface area contributed by atoms with Crippen molar-refractivity contribution < 1.29 is 20.0 Å². The van der Waals surface area contributed by atoms with Gasteiger partial charge in [-0.1, -0.05) is 0 Å². The van der Waals surface area contributed by atoms with E-state index in [0.29, 0.717) is 53.9 Å². The second-order valence-corrected chi connectivity index (χ2v) is 8.19. The summed E-state index contributed by atoms with van der Waals surface area (Å²) in [5, 5.41) is 26.6. The highest BCUT2D eigenvalue weighted by molar-refractivity contribution is 6.00. The van der Waals surface area contributed by atoms with Crippen molar-refractivity contribution >= 4 is 40.3 Å². The van der Waals surface area contributed by atoms with Gasteiger partial charge in [0.05, 0.1) is 44.3 Å². The number of hydrogen-bond donors (Lipinski definition) is 5. The Balaban J connectivity index is 1.70. The normalized spacial score (nSPS) is 20.5. The van der Waals surface area contributed by atoms with E-state index in [0.717, 1.165) is 11.3 Å². The Hall–Kier alpha value is -3.61. The van der Waals surface area contributed by atoms with Gasteiger partial charge in [0.15, 0.2) is 17.0 Å². The van der Waals surface area contributed by atoms with E-state index in [2.05, 4.69) is 25.8 Å². The van der Waals surface area contributed by atoms with Crippen LogP contribution in [-0.4, -0.2) is 69.9 Å². The van der Waals surface area contributed by atoms with Gasteiger partial charge in [0.2, 0.25) is 0 Å². The molecule has 2 aromatic heterocycles. The number of quaternary nitrogens is 1. The molecule has 0 aliphatic carbocycles. The van der Waals surface area contributed by atoms with Crippen molar-refractivity contribution in [3.63, 3.8) is 0 Å². The smallest absolute Gasteiger partial charge is 0.259 e. The third-order valence-electron chi connectivity index (χ3n) is 6.08. The van der Waals surface area contributed by atoms with Gasteiger partial charge in [0.25, 0.3) is 5.91 Å². The lowest BCUT2D eigenvalue weighted by Crippen LogP contribution is -2.72. The van der Waals surface area contributed by atoms with E-state index in [1.807, 2.05) is 24.5 Å². The van der Waals surface area contributed by atoms with E-state index in [4.69, 9.17) is 10.3 Å². The number of aromatic nitrogens is 3. The highest BCUT2D eigenvalue weighted by atomic mass is 16.5. The van der Waals surface area contributed by atoms with Crippen LogP contribution in [0.1, 0.15) is 22.3 Å². The summed E-state index contributed by atoms with van der Waals surface area (Å²) in [6.45, 7) is 0.844. The second kappa shape index (κ2) is 8.39. The zero-order chi connectivity index (χ0) is 23.1. The van der Waals surface area contributed by atoms with Gasteiger partial charge in [-0.05, 0) is 18.1 Å². The number of nitrogens with two attached hydrogens (primary N) is 1. The first-order valence-corrected chi connectivity index (χ1v) is 10.8. The molecule has 1 amide bonds. The van der Waals surface area contributed by atoms with Crippen LogP contribution in [0.5, 0.6) is 0 Å². The van der Waals surface area contributed by atoms with Crippen LogP contribution in [0.4, 0.5) is 28.7 Å². The molecule has 0 radical (unpaired) electrons. The Kier molecular flexibility index (Phi) is 5.40. The standard InChI is InChI=1S/C21H25N9O3/c1-23-15-3-11-4-16(19(15)28-22)26-17-6-18(24-2)30-20(27-17)14(7-25-30)21(32)29-8-13(31)5-12(29)10-33-9-11/h3-4,6-7,12-13,22-24,31H,5,8-10H2,1-2H3,(H,26,27)/p+1/t12-,13-/m0/s1. The third kappa shape index (κ3) is 3.67. The van der Waals surface area contributed by atoms with E-state index in [-0.39, 0.29) is 18.5 Å². The summed E-state index contributed by atoms with van der Waals surface area (Å²) >= 11 is 0. The highest BCUT2D eigenvalue weighted by Crippen LogP contribution is 2.35. The summed E-state index contributed by atoms with van der Waals surface area (Å²) in [4.78, 5) is 19.8. The molecule has 0 saturated carbocycles. The number of anilines is 3. The van der Waals surface area contributed by atoms with Gasteiger partial charge in [0, 0.05) is 25.7 Å². The predicted molar refractivity (Wildman–Crippen MR) is 120 cm³/mol. The fourth-order valence-electron chi connectivity index (χ4n) is 4.50. The number of hydrogen-bond acceptors (Lipinski definition) is 9. The molecule has 33 heavy (non-hydrogen) atoms. The number of nitrogens with one attached hydrogen (secondary N) is 3. The average molecular weight is 452 g/mol. The fourth-order valence-corrected chi connectivity index (χ4v) is 4.50. The molecule has 2 aliphatic heterocycles. The minimum Gasteiger partial charge on any atom is -0.391 e. The van der Waals surface area contributed by atoms with Crippen molar-refractivity contribution in [3.05, 3.63) is 35.5 Å². The molecule has 12 heteroatoms. The van der Waals surface area contributed by atoms with Crippen LogP contribution in [-0.2, 0) is 11.3 Å². The Morgan fingerprint density at radius 2 is 2.24 bits per heavy atom. The van der Waals surface area contributed by atoms with Crippen LogP contribution in [0, 0.1) is 5.53 Å². The minimum atomic E-state index is -0.607. The number of nitrogens with zero attached hydrogens (tertiary/aromatic N) is 5. The van der Waals surface area contributed by atoms with Crippen LogP contribution < -0.4 is 16.0 Å². The maximum Gasteiger partial charge on any atom is 0.259 e. The van der Waals surface area contributed by atoms with Crippen molar-refractivity contribution in [2.45, 2.75) is 25.2 Å². The number of ether oxygens (including phenoxy) is 1. The average Bonchev–Trinajstić information content (AvgIpc) is 3.40. The number of carbonyl (C=O) groups is 1. The van der Waals surface area contributed by atoms with Crippen molar-refractivity contribution in [1.29, 1.82) is 5.53 Å². The number of fused-ring (bicyclic) bond motifs is 4. The minimum absolute atomic E-state index is 0.236. The maximum atomic E-state index is 13.5. The number of aliphatic hydroxyl groups excluding tert-OH is 1. The molecule has 0 unspecified atom stereocenters. The first-order valence-electron chi connectivity index (χ1n) is 10.8. The molecular formula is C21H26N9O3+. The molecule has 12 nitrogen and oxygen atoms in total. The molecule has 5 rings (SSSR count). The summed E-state index contributed by atoms with van der Waals surface area (Å²) in [6, 6.07) is 5.34. The van der Waals surface area contributed by atoms with E-state index >= 15 is 0 Å². The maximum absolute atomic E-state index is 13.5. The zero-order valence-corrected chi connectivity index (χ0v) is 18.4. The number of amides is 1. The van der Waals surface area contributed by atoms with E-state index < -0.39 is 6.10 Å². The molecule has 1 aromatic carbocycles. The molecule has 2 atom stereocenters. The number of aliphatic hydroxyl groups is 1. The lowest BCUT2D eigenvalue weighted by atomic mass is 10.1. The van der Waals surface area contributed by atoms with Gasteiger partial charge in [-0.2, -0.15) is 14.7 Å². The zero-order valence-electron chi connectivity index (χ0n) is 18.4. The number of benzene rings is 1. The molecule has 4 heterocycles. The van der Waals surface area contributed by atoms with Crippen molar-refractivity contribution in [2.75, 3.05) is 37.9 Å². The van der Waals surface area contributed by atoms with Gasteiger partial charge < -0.3 is 30.7 Å². The van der Waals surface area contributed by atoms with E-state index in [1.165, 1.54) is 6.20 Å². The first-order chi connectivity index (χ1) is 16.0. The molecule has 6 N–H and O–H groups in total. The Morgan fingerprint density at radius 3 is 3.00 bits per heavy atom. The lowest BCUT2D eigenvalue weighted by Gasteiger charge is -2.24. The largest absolute Gasteiger partial charge is 0.391 e. The fraction of sp³-hybridized carbons (Fsp3) is 0.381. The van der Waals surface area contributed by atoms with Crippen molar-refractivity contribution in [1.82, 2.24) is 19.5 Å². The van der Waals surface area contributed by atoms with Gasteiger partial charge >= 0.3 is 0 Å². The highest BCUT2D eigenvalue weighted by Gasteiger charge is 2.36. The van der Waals surface area contributed by atoms with Crippen LogP contribution in [0.15, 0.2) is 29.5 Å². The van der Waals surface area contributed by atoms with Crippen LogP contribution in [0.3, 0.4) is 0 Å².